The van der Waals surface area contributed by atoms with Crippen LogP contribution >= 0.6 is 26.9 Å². The van der Waals surface area contributed by atoms with Crippen LogP contribution in [0.2, 0.25) is 0 Å². The molecule has 0 N–H and O–H groups in total. The molecule has 1 aliphatic rings. The third-order valence-electron chi connectivity index (χ3n) is 2.51. The largest absolute Gasteiger partial charge is 0.497 e. The highest BCUT2D eigenvalue weighted by molar-refractivity contribution is 9.03. The second-order valence-electron chi connectivity index (χ2n) is 4.99. The summed E-state index contributed by atoms with van der Waals surface area (Å²) >= 11 is 5.49. The van der Waals surface area contributed by atoms with Gasteiger partial charge in [0.15, 0.2) is 0 Å². The van der Waals surface area contributed by atoms with E-state index in [9.17, 15) is 0 Å². The lowest BCUT2D eigenvalue weighted by Gasteiger charge is -2.35. The summed E-state index contributed by atoms with van der Waals surface area (Å²) in [4.78, 5) is 1.12. The van der Waals surface area contributed by atoms with Crippen molar-refractivity contribution >= 4 is 38.7 Å². The first-order valence-corrected chi connectivity index (χ1v) is 11.2. The summed E-state index contributed by atoms with van der Waals surface area (Å²) in [5, 5.41) is 0. The Morgan fingerprint density at radius 2 is 1.79 bits per heavy atom. The first-order valence-electron chi connectivity index (χ1n) is 5.82. The summed E-state index contributed by atoms with van der Waals surface area (Å²) in [5.41, 5.74) is -2.13. The Kier molecular flexibility index (Phi) is 5.26. The maximum absolute atomic E-state index is 5.77. The summed E-state index contributed by atoms with van der Waals surface area (Å²) in [6, 6.07) is 7.88. The zero-order chi connectivity index (χ0) is 13.9. The van der Waals surface area contributed by atoms with Gasteiger partial charge in [0, 0.05) is 20.7 Å². The van der Waals surface area contributed by atoms with Crippen molar-refractivity contribution in [2.45, 2.75) is 18.7 Å². The van der Waals surface area contributed by atoms with Crippen LogP contribution in [-0.2, 0) is 20.9 Å². The van der Waals surface area contributed by atoms with Gasteiger partial charge in [-0.25, -0.2) is 0 Å². The number of methoxy groups -OCH3 is 1. The van der Waals surface area contributed by atoms with Crippen molar-refractivity contribution in [2.75, 3.05) is 20.3 Å². The van der Waals surface area contributed by atoms with Gasteiger partial charge in [0.05, 0.1) is 20.3 Å². The van der Waals surface area contributed by atoms with Crippen LogP contribution in [0.1, 0.15) is 13.8 Å². The summed E-state index contributed by atoms with van der Waals surface area (Å²) < 4.78 is 16.7. The minimum absolute atomic E-state index is 0.0631. The maximum atomic E-state index is 5.77. The number of rotatable bonds is 4. The molecular formula is C12H17O3PS3. The fraction of sp³-hybridized carbons (Fsp3) is 0.500. The van der Waals surface area contributed by atoms with Crippen LogP contribution in [0.15, 0.2) is 29.2 Å². The first-order chi connectivity index (χ1) is 8.92. The molecule has 0 amide bonds. The molecule has 0 saturated carbocycles. The zero-order valence-corrected chi connectivity index (χ0v) is 14.5. The van der Waals surface area contributed by atoms with E-state index in [4.69, 9.17) is 25.6 Å². The molecule has 1 aromatic carbocycles. The van der Waals surface area contributed by atoms with E-state index in [0.717, 1.165) is 10.6 Å². The van der Waals surface area contributed by atoms with Gasteiger partial charge in [-0.15, -0.1) is 0 Å². The Bertz CT molecular complexity index is 462. The van der Waals surface area contributed by atoms with Crippen molar-refractivity contribution in [3.05, 3.63) is 24.3 Å². The predicted octanol–water partition coefficient (Wildman–Crippen LogP) is 4.73. The van der Waals surface area contributed by atoms with Gasteiger partial charge in [0.2, 0.25) is 0 Å². The predicted molar refractivity (Wildman–Crippen MR) is 86.4 cm³/mol. The van der Waals surface area contributed by atoms with Crippen molar-refractivity contribution in [1.82, 2.24) is 0 Å². The number of ether oxygens (including phenoxy) is 1. The molecule has 1 aliphatic heterocycles. The van der Waals surface area contributed by atoms with E-state index >= 15 is 0 Å². The number of hydrogen-bond acceptors (Lipinski definition) is 6. The van der Waals surface area contributed by atoms with Crippen LogP contribution < -0.4 is 4.74 Å². The van der Waals surface area contributed by atoms with Crippen molar-refractivity contribution in [2.24, 2.45) is 5.41 Å². The van der Waals surface area contributed by atoms with Crippen molar-refractivity contribution in [1.29, 1.82) is 0 Å². The second-order valence-corrected chi connectivity index (χ2v) is 13.1. The van der Waals surface area contributed by atoms with Crippen LogP contribution in [-0.4, -0.2) is 20.3 Å². The molecule has 1 fully saturated rings. The van der Waals surface area contributed by atoms with Crippen LogP contribution in [0.3, 0.4) is 0 Å². The van der Waals surface area contributed by atoms with Crippen LogP contribution in [0.5, 0.6) is 5.75 Å². The minimum Gasteiger partial charge on any atom is -0.497 e. The molecule has 1 aromatic rings. The summed E-state index contributed by atoms with van der Waals surface area (Å²) in [6.07, 6.45) is 0. The lowest BCUT2D eigenvalue weighted by atomic mass is 9.97. The Balaban J connectivity index is 1.89. The van der Waals surface area contributed by atoms with Gasteiger partial charge in [-0.1, -0.05) is 13.8 Å². The molecule has 1 saturated heterocycles. The van der Waals surface area contributed by atoms with Gasteiger partial charge in [-0.2, -0.15) is 0 Å². The Labute approximate surface area is 127 Å². The van der Waals surface area contributed by atoms with Crippen LogP contribution in [0.4, 0.5) is 0 Å². The van der Waals surface area contributed by atoms with E-state index < -0.39 is 5.69 Å². The number of benzene rings is 1. The molecule has 0 bridgehead atoms. The highest BCUT2D eigenvalue weighted by Crippen LogP contribution is 2.69. The standard InChI is InChI=1S/C12H17O3PS3/c1-12(2)8-14-16(17,15-9-12)19-18-11-6-4-10(13-3)5-7-11/h4-7H,8-9H2,1-3H3. The molecule has 1 heterocycles. The molecule has 0 spiro atoms. The SMILES string of the molecule is COc1ccc(SSP2(=S)OCC(C)(C)CO2)cc1. The monoisotopic (exact) mass is 336 g/mol. The first kappa shape index (κ1) is 15.7. The molecule has 3 nitrogen and oxygen atoms in total. The van der Waals surface area contributed by atoms with Gasteiger partial charge < -0.3 is 13.8 Å². The van der Waals surface area contributed by atoms with Crippen molar-refractivity contribution in [3.63, 3.8) is 0 Å². The summed E-state index contributed by atoms with van der Waals surface area (Å²) in [7, 11) is 4.78. The lowest BCUT2D eigenvalue weighted by molar-refractivity contribution is 0.0673. The lowest BCUT2D eigenvalue weighted by Crippen LogP contribution is -2.28. The Morgan fingerprint density at radius 3 is 2.32 bits per heavy atom. The molecule has 19 heavy (non-hydrogen) atoms. The summed E-state index contributed by atoms with van der Waals surface area (Å²) in [6.45, 7) is 5.57. The van der Waals surface area contributed by atoms with E-state index in [2.05, 4.69) is 13.8 Å². The fourth-order valence-electron chi connectivity index (χ4n) is 1.35. The molecule has 106 valence electrons. The van der Waals surface area contributed by atoms with Crippen molar-refractivity contribution < 1.29 is 13.8 Å². The van der Waals surface area contributed by atoms with E-state index in [1.807, 2.05) is 24.3 Å². The van der Waals surface area contributed by atoms with E-state index in [0.29, 0.717) is 13.2 Å². The molecule has 0 radical (unpaired) electrons. The van der Waals surface area contributed by atoms with Gasteiger partial charge in [0.1, 0.15) is 5.75 Å². The van der Waals surface area contributed by atoms with Gasteiger partial charge in [-0.05, 0) is 46.9 Å². The molecule has 0 atom stereocenters. The average molecular weight is 336 g/mol. The van der Waals surface area contributed by atoms with Gasteiger partial charge in [0.25, 0.3) is 5.69 Å². The molecule has 0 aromatic heterocycles. The van der Waals surface area contributed by atoms with E-state index in [1.54, 1.807) is 17.9 Å². The van der Waals surface area contributed by atoms with Crippen molar-refractivity contribution in [3.8, 4) is 5.75 Å². The molecule has 7 heteroatoms. The third kappa shape index (κ3) is 4.66. The third-order valence-corrected chi connectivity index (χ3v) is 10.7. The highest BCUT2D eigenvalue weighted by atomic mass is 33.4. The minimum atomic E-state index is -2.20. The number of hydrogen-bond donors (Lipinski definition) is 0. The quantitative estimate of drug-likeness (QED) is 0.583. The second kappa shape index (κ2) is 6.37. The van der Waals surface area contributed by atoms with Crippen LogP contribution in [0.25, 0.3) is 0 Å². The Hall–Kier alpha value is 0.290. The fourth-order valence-corrected chi connectivity index (χ4v) is 7.90. The zero-order valence-electron chi connectivity index (χ0n) is 11.1. The molecular weight excluding hydrogens is 319 g/mol. The molecule has 0 aliphatic carbocycles. The topological polar surface area (TPSA) is 27.7 Å². The normalized spacial score (nSPS) is 21.0. The smallest absolute Gasteiger partial charge is 0.258 e. The van der Waals surface area contributed by atoms with E-state index in [-0.39, 0.29) is 5.41 Å². The Morgan fingerprint density at radius 1 is 1.21 bits per heavy atom. The summed E-state index contributed by atoms with van der Waals surface area (Å²) in [5.74, 6) is 0.851. The molecule has 2 rings (SSSR count). The molecule has 0 unspecified atom stereocenters. The van der Waals surface area contributed by atoms with Gasteiger partial charge >= 0.3 is 0 Å². The van der Waals surface area contributed by atoms with E-state index in [1.165, 1.54) is 10.4 Å². The van der Waals surface area contributed by atoms with Crippen LogP contribution in [0, 0.1) is 5.41 Å². The average Bonchev–Trinajstić information content (AvgIpc) is 2.41. The highest BCUT2D eigenvalue weighted by Gasteiger charge is 2.34. The van der Waals surface area contributed by atoms with Gasteiger partial charge in [-0.3, -0.25) is 0 Å². The maximum Gasteiger partial charge on any atom is 0.258 e.